The standard InChI is InChI=1S/C12H21F3N2O/c1-9(2)17-6-4-11(3,5-7-17)16-10(18)8-12(13,14)15/h9H,4-8H2,1-3H3,(H,16,18). The van der Waals surface area contributed by atoms with Crippen LogP contribution in [0.4, 0.5) is 13.2 Å². The van der Waals surface area contributed by atoms with E-state index in [9.17, 15) is 18.0 Å². The highest BCUT2D eigenvalue weighted by molar-refractivity contribution is 5.77. The first-order valence-electron chi connectivity index (χ1n) is 6.23. The third kappa shape index (κ3) is 4.84. The van der Waals surface area contributed by atoms with Crippen LogP contribution >= 0.6 is 0 Å². The lowest BCUT2D eigenvalue weighted by Gasteiger charge is -2.41. The first kappa shape index (κ1) is 15.3. The number of likely N-dealkylation sites (tertiary alicyclic amines) is 1. The van der Waals surface area contributed by atoms with E-state index in [1.54, 1.807) is 0 Å². The van der Waals surface area contributed by atoms with Crippen LogP contribution in [-0.2, 0) is 4.79 Å². The molecule has 1 amide bonds. The normalized spacial score (nSPS) is 21.1. The highest BCUT2D eigenvalue weighted by atomic mass is 19.4. The maximum Gasteiger partial charge on any atom is 0.397 e. The van der Waals surface area contributed by atoms with Crippen molar-refractivity contribution in [2.45, 2.75) is 57.8 Å². The smallest absolute Gasteiger partial charge is 0.351 e. The van der Waals surface area contributed by atoms with Crippen LogP contribution in [0.2, 0.25) is 0 Å². The van der Waals surface area contributed by atoms with Crippen molar-refractivity contribution >= 4 is 5.91 Å². The van der Waals surface area contributed by atoms with Crippen molar-refractivity contribution in [3.8, 4) is 0 Å². The van der Waals surface area contributed by atoms with Crippen LogP contribution in [0.1, 0.15) is 40.0 Å². The van der Waals surface area contributed by atoms with Gasteiger partial charge in [0.1, 0.15) is 6.42 Å². The first-order valence-corrected chi connectivity index (χ1v) is 6.23. The number of nitrogens with one attached hydrogen (secondary N) is 1. The lowest BCUT2D eigenvalue weighted by Crippen LogP contribution is -2.54. The summed E-state index contributed by atoms with van der Waals surface area (Å²) < 4.78 is 36.3. The van der Waals surface area contributed by atoms with Gasteiger partial charge in [-0.15, -0.1) is 0 Å². The van der Waals surface area contributed by atoms with Gasteiger partial charge in [0.05, 0.1) is 0 Å². The molecule has 0 saturated carbocycles. The Morgan fingerprint density at radius 1 is 1.33 bits per heavy atom. The number of hydrogen-bond acceptors (Lipinski definition) is 2. The van der Waals surface area contributed by atoms with Gasteiger partial charge in [-0.1, -0.05) is 0 Å². The number of carbonyl (C=O) groups excluding carboxylic acids is 1. The van der Waals surface area contributed by atoms with E-state index >= 15 is 0 Å². The average Bonchev–Trinajstić information content (AvgIpc) is 2.13. The molecular weight excluding hydrogens is 245 g/mol. The molecule has 1 fully saturated rings. The Labute approximate surface area is 106 Å². The van der Waals surface area contributed by atoms with Gasteiger partial charge in [0, 0.05) is 24.7 Å². The van der Waals surface area contributed by atoms with Crippen molar-refractivity contribution in [1.82, 2.24) is 10.2 Å². The molecule has 0 bridgehead atoms. The Bertz CT molecular complexity index is 294. The summed E-state index contributed by atoms with van der Waals surface area (Å²) in [5.74, 6) is -0.928. The molecule has 3 nitrogen and oxygen atoms in total. The molecule has 6 heteroatoms. The topological polar surface area (TPSA) is 32.3 Å². The maximum absolute atomic E-state index is 12.1. The second kappa shape index (κ2) is 5.47. The van der Waals surface area contributed by atoms with Gasteiger partial charge in [-0.25, -0.2) is 0 Å². The van der Waals surface area contributed by atoms with Crippen molar-refractivity contribution in [2.75, 3.05) is 13.1 Å². The van der Waals surface area contributed by atoms with Crippen molar-refractivity contribution in [3.05, 3.63) is 0 Å². The van der Waals surface area contributed by atoms with Gasteiger partial charge < -0.3 is 10.2 Å². The van der Waals surface area contributed by atoms with E-state index < -0.39 is 24.0 Å². The van der Waals surface area contributed by atoms with Crippen molar-refractivity contribution in [3.63, 3.8) is 0 Å². The first-order chi connectivity index (χ1) is 8.11. The summed E-state index contributed by atoms with van der Waals surface area (Å²) in [5, 5.41) is 2.53. The Morgan fingerprint density at radius 3 is 2.22 bits per heavy atom. The van der Waals surface area contributed by atoms with E-state index in [0.717, 1.165) is 13.1 Å². The van der Waals surface area contributed by atoms with Crippen LogP contribution in [-0.4, -0.2) is 41.7 Å². The molecule has 1 saturated heterocycles. The highest BCUT2D eigenvalue weighted by Gasteiger charge is 2.36. The number of piperidine rings is 1. The molecule has 0 radical (unpaired) electrons. The van der Waals surface area contributed by atoms with Gasteiger partial charge in [-0.3, -0.25) is 4.79 Å². The van der Waals surface area contributed by atoms with Gasteiger partial charge in [-0.2, -0.15) is 13.2 Å². The monoisotopic (exact) mass is 266 g/mol. The summed E-state index contributed by atoms with van der Waals surface area (Å²) in [6, 6.07) is 0.431. The molecule has 1 N–H and O–H groups in total. The SMILES string of the molecule is CC(C)N1CCC(C)(NC(=O)CC(F)(F)F)CC1. The number of amides is 1. The number of alkyl halides is 3. The summed E-state index contributed by atoms with van der Waals surface area (Å²) in [4.78, 5) is 13.6. The molecular formula is C12H21F3N2O. The zero-order chi connectivity index (χ0) is 14.0. The maximum atomic E-state index is 12.1. The molecule has 0 aromatic heterocycles. The zero-order valence-electron chi connectivity index (χ0n) is 11.1. The highest BCUT2D eigenvalue weighted by Crippen LogP contribution is 2.25. The Morgan fingerprint density at radius 2 is 1.83 bits per heavy atom. The third-order valence-electron chi connectivity index (χ3n) is 3.43. The van der Waals surface area contributed by atoms with Crippen molar-refractivity contribution < 1.29 is 18.0 Å². The fraction of sp³-hybridized carbons (Fsp3) is 0.917. The summed E-state index contributed by atoms with van der Waals surface area (Å²) in [7, 11) is 0. The predicted octanol–water partition coefficient (Wildman–Crippen LogP) is 2.32. The fourth-order valence-electron chi connectivity index (χ4n) is 2.22. The van der Waals surface area contributed by atoms with Crippen LogP contribution in [0.25, 0.3) is 0 Å². The number of nitrogens with zero attached hydrogens (tertiary/aromatic N) is 1. The van der Waals surface area contributed by atoms with Crippen LogP contribution < -0.4 is 5.32 Å². The molecule has 1 aliphatic rings. The lowest BCUT2D eigenvalue weighted by atomic mass is 9.89. The predicted molar refractivity (Wildman–Crippen MR) is 63.2 cm³/mol. The fourth-order valence-corrected chi connectivity index (χ4v) is 2.22. The van der Waals surface area contributed by atoms with E-state index in [4.69, 9.17) is 0 Å². The van der Waals surface area contributed by atoms with Crippen molar-refractivity contribution in [1.29, 1.82) is 0 Å². The third-order valence-corrected chi connectivity index (χ3v) is 3.43. The zero-order valence-corrected chi connectivity index (χ0v) is 11.1. The molecule has 18 heavy (non-hydrogen) atoms. The molecule has 0 aliphatic carbocycles. The molecule has 0 atom stereocenters. The van der Waals surface area contributed by atoms with Crippen molar-refractivity contribution in [2.24, 2.45) is 0 Å². The Kier molecular flexibility index (Phi) is 4.64. The lowest BCUT2D eigenvalue weighted by molar-refractivity contribution is -0.155. The number of rotatable bonds is 3. The van der Waals surface area contributed by atoms with E-state index in [0.29, 0.717) is 18.9 Å². The number of halogens is 3. The van der Waals surface area contributed by atoms with E-state index in [-0.39, 0.29) is 0 Å². The van der Waals surface area contributed by atoms with Gasteiger partial charge in [0.15, 0.2) is 0 Å². The van der Waals surface area contributed by atoms with Gasteiger partial charge in [0.25, 0.3) is 0 Å². The summed E-state index contributed by atoms with van der Waals surface area (Å²) in [6.45, 7) is 7.61. The molecule has 0 aromatic rings. The van der Waals surface area contributed by atoms with Crippen LogP contribution in [0.3, 0.4) is 0 Å². The minimum Gasteiger partial charge on any atom is -0.351 e. The van der Waals surface area contributed by atoms with E-state index in [2.05, 4.69) is 24.1 Å². The minimum absolute atomic E-state index is 0.431. The molecule has 1 aliphatic heterocycles. The summed E-state index contributed by atoms with van der Waals surface area (Å²) in [6.07, 6.45) is -4.45. The van der Waals surface area contributed by atoms with Crippen LogP contribution in [0.15, 0.2) is 0 Å². The van der Waals surface area contributed by atoms with Gasteiger partial charge >= 0.3 is 6.18 Å². The van der Waals surface area contributed by atoms with E-state index in [1.807, 2.05) is 6.92 Å². The van der Waals surface area contributed by atoms with E-state index in [1.165, 1.54) is 0 Å². The Balaban J connectivity index is 2.45. The van der Waals surface area contributed by atoms with Crippen LogP contribution in [0, 0.1) is 0 Å². The van der Waals surface area contributed by atoms with Gasteiger partial charge in [-0.05, 0) is 33.6 Å². The minimum atomic E-state index is -4.43. The Hall–Kier alpha value is -0.780. The molecule has 0 unspecified atom stereocenters. The molecule has 0 spiro atoms. The molecule has 0 aromatic carbocycles. The second-order valence-corrected chi connectivity index (χ2v) is 5.53. The molecule has 1 rings (SSSR count). The average molecular weight is 266 g/mol. The summed E-state index contributed by atoms with van der Waals surface area (Å²) >= 11 is 0. The molecule has 106 valence electrons. The quantitative estimate of drug-likeness (QED) is 0.850. The number of hydrogen-bond donors (Lipinski definition) is 1. The molecule has 1 heterocycles. The van der Waals surface area contributed by atoms with Gasteiger partial charge in [0.2, 0.25) is 5.91 Å². The largest absolute Gasteiger partial charge is 0.397 e. The number of carbonyl (C=O) groups is 1. The summed E-state index contributed by atoms with van der Waals surface area (Å²) in [5.41, 5.74) is -0.506. The van der Waals surface area contributed by atoms with Crippen LogP contribution in [0.5, 0.6) is 0 Å². The second-order valence-electron chi connectivity index (χ2n) is 5.53.